The molecule has 82 valence electrons. The fraction of sp³-hybridized carbons (Fsp3) is 1.00. The van der Waals surface area contributed by atoms with E-state index < -0.39 is 0 Å². The van der Waals surface area contributed by atoms with Crippen molar-refractivity contribution in [1.29, 1.82) is 0 Å². The first-order valence-corrected chi connectivity index (χ1v) is 5.82. The zero-order valence-corrected chi connectivity index (χ0v) is 9.09. The molecule has 0 aromatic carbocycles. The molecule has 2 unspecified atom stereocenters. The van der Waals surface area contributed by atoms with E-state index in [1.807, 2.05) is 0 Å². The Morgan fingerprint density at radius 3 is 2.57 bits per heavy atom. The van der Waals surface area contributed by atoms with E-state index in [2.05, 4.69) is 12.2 Å². The maximum absolute atomic E-state index is 5.79. The van der Waals surface area contributed by atoms with Gasteiger partial charge < -0.3 is 15.8 Å². The van der Waals surface area contributed by atoms with Crippen molar-refractivity contribution in [3.8, 4) is 0 Å². The minimum absolute atomic E-state index is 0.316. The molecule has 0 amide bonds. The molecule has 1 saturated carbocycles. The maximum Gasteiger partial charge on any atom is 0.0705 e. The second-order valence-electron chi connectivity index (χ2n) is 4.99. The van der Waals surface area contributed by atoms with Crippen molar-refractivity contribution in [2.75, 3.05) is 13.1 Å². The maximum atomic E-state index is 5.79. The first-order valence-electron chi connectivity index (χ1n) is 5.82. The molecule has 0 radical (unpaired) electrons. The Hall–Kier alpha value is -0.120. The highest BCUT2D eigenvalue weighted by molar-refractivity contribution is 4.92. The smallest absolute Gasteiger partial charge is 0.0705 e. The van der Waals surface area contributed by atoms with E-state index in [9.17, 15) is 0 Å². The van der Waals surface area contributed by atoms with E-state index >= 15 is 0 Å². The van der Waals surface area contributed by atoms with Gasteiger partial charge in [0.15, 0.2) is 0 Å². The molecule has 1 saturated heterocycles. The molecule has 2 aliphatic rings. The van der Waals surface area contributed by atoms with E-state index in [-0.39, 0.29) is 0 Å². The number of hydrogen-bond donors (Lipinski definition) is 2. The van der Waals surface area contributed by atoms with Crippen molar-refractivity contribution in [2.45, 2.75) is 56.8 Å². The zero-order chi connectivity index (χ0) is 10.0. The van der Waals surface area contributed by atoms with Crippen molar-refractivity contribution in [2.24, 2.45) is 5.73 Å². The summed E-state index contributed by atoms with van der Waals surface area (Å²) in [6.45, 7) is 3.99. The van der Waals surface area contributed by atoms with Gasteiger partial charge in [-0.15, -0.1) is 0 Å². The van der Waals surface area contributed by atoms with Crippen LogP contribution in [0, 0.1) is 0 Å². The monoisotopic (exact) mass is 198 g/mol. The molecule has 0 aromatic rings. The summed E-state index contributed by atoms with van der Waals surface area (Å²) >= 11 is 0. The molecular formula is C11H22N2O. The number of nitrogens with two attached hydrogens (primary N) is 1. The first kappa shape index (κ1) is 10.4. The Labute approximate surface area is 86.4 Å². The van der Waals surface area contributed by atoms with Crippen LogP contribution >= 0.6 is 0 Å². The topological polar surface area (TPSA) is 47.3 Å². The average Bonchev–Trinajstić information content (AvgIpc) is 2.59. The van der Waals surface area contributed by atoms with Crippen LogP contribution in [0.15, 0.2) is 0 Å². The van der Waals surface area contributed by atoms with Gasteiger partial charge in [-0.05, 0) is 39.0 Å². The SMILES string of the molecule is CC1(NCC2CCC(CN)O2)CCC1. The average molecular weight is 198 g/mol. The molecule has 1 heterocycles. The van der Waals surface area contributed by atoms with Gasteiger partial charge in [0.05, 0.1) is 12.2 Å². The molecule has 0 spiro atoms. The Morgan fingerprint density at radius 1 is 1.36 bits per heavy atom. The van der Waals surface area contributed by atoms with Gasteiger partial charge in [-0.3, -0.25) is 0 Å². The molecule has 2 rings (SSSR count). The van der Waals surface area contributed by atoms with Crippen molar-refractivity contribution in [1.82, 2.24) is 5.32 Å². The van der Waals surface area contributed by atoms with Crippen molar-refractivity contribution in [3.05, 3.63) is 0 Å². The largest absolute Gasteiger partial charge is 0.372 e. The third-order valence-electron chi connectivity index (χ3n) is 3.67. The standard InChI is InChI=1S/C11H22N2O/c1-11(5-2-6-11)13-8-10-4-3-9(7-12)14-10/h9-10,13H,2-8,12H2,1H3. The summed E-state index contributed by atoms with van der Waals surface area (Å²) in [5.74, 6) is 0. The van der Waals surface area contributed by atoms with Crippen LogP contribution in [-0.2, 0) is 4.74 Å². The van der Waals surface area contributed by atoms with Crippen molar-refractivity contribution >= 4 is 0 Å². The molecule has 0 bridgehead atoms. The zero-order valence-electron chi connectivity index (χ0n) is 9.09. The third-order valence-corrected chi connectivity index (χ3v) is 3.67. The van der Waals surface area contributed by atoms with Crippen LogP contribution in [0.2, 0.25) is 0 Å². The summed E-state index contributed by atoms with van der Waals surface area (Å²) in [6, 6.07) is 0. The third kappa shape index (κ3) is 2.27. The van der Waals surface area contributed by atoms with Gasteiger partial charge in [0, 0.05) is 18.6 Å². The number of nitrogens with one attached hydrogen (secondary N) is 1. The Bertz CT molecular complexity index is 192. The number of rotatable bonds is 4. The van der Waals surface area contributed by atoms with Gasteiger partial charge in [0.25, 0.3) is 0 Å². The van der Waals surface area contributed by atoms with E-state index in [0.717, 1.165) is 13.0 Å². The van der Waals surface area contributed by atoms with Crippen LogP contribution < -0.4 is 11.1 Å². The van der Waals surface area contributed by atoms with Gasteiger partial charge in [-0.1, -0.05) is 0 Å². The van der Waals surface area contributed by atoms with Crippen molar-refractivity contribution < 1.29 is 4.74 Å². The lowest BCUT2D eigenvalue weighted by Crippen LogP contribution is -2.50. The summed E-state index contributed by atoms with van der Waals surface area (Å²) in [5, 5.41) is 3.62. The Balaban J connectivity index is 1.66. The molecule has 2 fully saturated rings. The van der Waals surface area contributed by atoms with Crippen LogP contribution in [-0.4, -0.2) is 30.8 Å². The predicted molar refractivity (Wildman–Crippen MR) is 57.2 cm³/mol. The van der Waals surface area contributed by atoms with Crippen LogP contribution in [0.25, 0.3) is 0 Å². The molecule has 0 aromatic heterocycles. The van der Waals surface area contributed by atoms with Crippen LogP contribution in [0.4, 0.5) is 0 Å². The highest BCUT2D eigenvalue weighted by Crippen LogP contribution is 2.31. The fourth-order valence-electron chi connectivity index (χ4n) is 2.35. The van der Waals surface area contributed by atoms with Gasteiger partial charge >= 0.3 is 0 Å². The van der Waals surface area contributed by atoms with Crippen LogP contribution in [0.1, 0.15) is 39.0 Å². The molecule has 3 heteroatoms. The predicted octanol–water partition coefficient (Wildman–Crippen LogP) is 1.02. The summed E-state index contributed by atoms with van der Waals surface area (Å²) in [5.41, 5.74) is 5.98. The first-order chi connectivity index (χ1) is 6.72. The van der Waals surface area contributed by atoms with Gasteiger partial charge in [-0.2, -0.15) is 0 Å². The number of hydrogen-bond acceptors (Lipinski definition) is 3. The second-order valence-corrected chi connectivity index (χ2v) is 4.99. The highest BCUT2D eigenvalue weighted by Gasteiger charge is 2.33. The summed E-state index contributed by atoms with van der Waals surface area (Å²) in [7, 11) is 0. The van der Waals surface area contributed by atoms with Gasteiger partial charge in [0.1, 0.15) is 0 Å². The van der Waals surface area contributed by atoms with Crippen molar-refractivity contribution in [3.63, 3.8) is 0 Å². The van der Waals surface area contributed by atoms with E-state index in [1.54, 1.807) is 0 Å². The lowest BCUT2D eigenvalue weighted by Gasteiger charge is -2.40. The molecule has 2 atom stereocenters. The Morgan fingerprint density at radius 2 is 2.07 bits per heavy atom. The van der Waals surface area contributed by atoms with Crippen LogP contribution in [0.3, 0.4) is 0 Å². The number of ether oxygens (including phenoxy) is 1. The molecule has 3 N–H and O–H groups in total. The summed E-state index contributed by atoms with van der Waals surface area (Å²) < 4.78 is 5.79. The van der Waals surface area contributed by atoms with E-state index in [4.69, 9.17) is 10.5 Å². The van der Waals surface area contributed by atoms with Gasteiger partial charge in [0.2, 0.25) is 0 Å². The fourth-order valence-corrected chi connectivity index (χ4v) is 2.35. The lowest BCUT2D eigenvalue weighted by molar-refractivity contribution is 0.0409. The van der Waals surface area contributed by atoms with E-state index in [1.165, 1.54) is 25.7 Å². The molecule has 14 heavy (non-hydrogen) atoms. The van der Waals surface area contributed by atoms with E-state index in [0.29, 0.717) is 24.3 Å². The highest BCUT2D eigenvalue weighted by atomic mass is 16.5. The Kier molecular flexibility index (Phi) is 3.10. The summed E-state index contributed by atoms with van der Waals surface area (Å²) in [6.07, 6.45) is 7.04. The lowest BCUT2D eigenvalue weighted by atomic mass is 9.78. The summed E-state index contributed by atoms with van der Waals surface area (Å²) in [4.78, 5) is 0. The quantitative estimate of drug-likeness (QED) is 0.709. The minimum Gasteiger partial charge on any atom is -0.372 e. The molecule has 1 aliphatic heterocycles. The van der Waals surface area contributed by atoms with Crippen LogP contribution in [0.5, 0.6) is 0 Å². The van der Waals surface area contributed by atoms with Gasteiger partial charge in [-0.25, -0.2) is 0 Å². The molecular weight excluding hydrogens is 176 g/mol. The molecule has 1 aliphatic carbocycles. The second kappa shape index (κ2) is 4.17. The normalized spacial score (nSPS) is 35.6. The minimum atomic E-state index is 0.316. The molecule has 3 nitrogen and oxygen atoms in total.